The number of thiophene rings is 1. The summed E-state index contributed by atoms with van der Waals surface area (Å²) in [6, 6.07) is 0.551. The second-order valence-corrected chi connectivity index (χ2v) is 10.5. The molecule has 4 N–H and O–H groups in total. The highest BCUT2D eigenvalue weighted by atomic mass is 32.1. The Morgan fingerprint density at radius 3 is 2.55 bits per heavy atom. The van der Waals surface area contributed by atoms with Crippen LogP contribution in [0.25, 0.3) is 0 Å². The molecule has 0 bridgehead atoms. The Morgan fingerprint density at radius 1 is 1.24 bits per heavy atom. The highest BCUT2D eigenvalue weighted by Gasteiger charge is 2.38. The van der Waals surface area contributed by atoms with Crippen LogP contribution < -0.4 is 16.4 Å². The van der Waals surface area contributed by atoms with Crippen molar-refractivity contribution in [1.29, 1.82) is 0 Å². The number of carbonyl (C=O) groups excluding carboxylic acids is 5. The first-order chi connectivity index (χ1) is 17.9. The minimum Gasteiger partial charge on any atom is -0.443 e. The topological polar surface area (TPSA) is 154 Å². The summed E-state index contributed by atoms with van der Waals surface area (Å²) in [7, 11) is 3.93. The highest BCUT2D eigenvalue weighted by molar-refractivity contribution is 7.14. The van der Waals surface area contributed by atoms with Crippen molar-refractivity contribution < 1.29 is 28.7 Å². The third-order valence-corrected chi connectivity index (χ3v) is 7.51. The molecule has 0 saturated carbocycles. The van der Waals surface area contributed by atoms with Crippen molar-refractivity contribution in [3.63, 3.8) is 0 Å². The van der Waals surface area contributed by atoms with E-state index in [9.17, 15) is 24.0 Å². The fourth-order valence-corrected chi connectivity index (χ4v) is 5.28. The molecule has 0 fully saturated rings. The van der Waals surface area contributed by atoms with Gasteiger partial charge in [-0.3, -0.25) is 19.2 Å². The van der Waals surface area contributed by atoms with Crippen LogP contribution in [0.5, 0.6) is 0 Å². The lowest BCUT2D eigenvalue weighted by molar-refractivity contribution is -0.159. The summed E-state index contributed by atoms with van der Waals surface area (Å²) in [5, 5.41) is 5.73. The number of amides is 5. The fraction of sp³-hybridized carbons (Fsp3) is 0.480. The lowest BCUT2D eigenvalue weighted by Crippen LogP contribution is -2.49. The van der Waals surface area contributed by atoms with Crippen molar-refractivity contribution in [3.8, 4) is 0 Å². The lowest BCUT2D eigenvalue weighted by Gasteiger charge is -2.28. The molecule has 12 nitrogen and oxygen atoms in total. The van der Waals surface area contributed by atoms with Crippen LogP contribution >= 0.6 is 11.3 Å². The van der Waals surface area contributed by atoms with Crippen molar-refractivity contribution in [2.45, 2.75) is 52.7 Å². The van der Waals surface area contributed by atoms with E-state index in [2.05, 4.69) is 17.6 Å². The molecule has 38 heavy (non-hydrogen) atoms. The van der Waals surface area contributed by atoms with Gasteiger partial charge in [0.05, 0.1) is 18.0 Å². The van der Waals surface area contributed by atoms with E-state index in [0.29, 0.717) is 4.88 Å². The van der Waals surface area contributed by atoms with Crippen LogP contribution in [0.4, 0.5) is 4.79 Å². The van der Waals surface area contributed by atoms with Crippen LogP contribution in [0.2, 0.25) is 0 Å². The van der Waals surface area contributed by atoms with Gasteiger partial charge in [-0.1, -0.05) is 0 Å². The number of allylic oxidation sites excluding steroid dienone is 3. The van der Waals surface area contributed by atoms with Crippen molar-refractivity contribution in [3.05, 3.63) is 44.4 Å². The van der Waals surface area contributed by atoms with E-state index in [1.807, 2.05) is 31.1 Å². The Morgan fingerprint density at radius 2 is 1.95 bits per heavy atom. The number of hydrogen-bond donors (Lipinski definition) is 3. The van der Waals surface area contributed by atoms with E-state index >= 15 is 0 Å². The summed E-state index contributed by atoms with van der Waals surface area (Å²) in [5.41, 5.74) is 9.13. The molecular weight excluding hydrogens is 512 g/mol. The number of likely N-dealkylation sites (N-methyl/N-ethyl adjacent to an activating group) is 1. The first-order valence-corrected chi connectivity index (χ1v) is 13.0. The number of ether oxygens (including phenoxy) is 1. The van der Waals surface area contributed by atoms with E-state index in [1.165, 1.54) is 35.7 Å². The predicted molar refractivity (Wildman–Crippen MR) is 140 cm³/mol. The van der Waals surface area contributed by atoms with Crippen LogP contribution in [-0.2, 0) is 32.2 Å². The predicted octanol–water partition coefficient (Wildman–Crippen LogP) is 1.24. The number of fused-ring (bicyclic) bond motifs is 1. The van der Waals surface area contributed by atoms with Gasteiger partial charge in [-0.25, -0.2) is 9.69 Å². The molecule has 1 aromatic rings. The van der Waals surface area contributed by atoms with Gasteiger partial charge in [-0.2, -0.15) is 0 Å². The molecule has 0 aromatic carbocycles. The van der Waals surface area contributed by atoms with E-state index in [-0.39, 0.29) is 31.6 Å². The molecule has 5 amide bonds. The molecule has 13 heteroatoms. The Kier molecular flexibility index (Phi) is 9.28. The number of nitrogens with one attached hydrogen (secondary N) is 2. The van der Waals surface area contributed by atoms with Gasteiger partial charge >= 0.3 is 12.0 Å². The van der Waals surface area contributed by atoms with Gasteiger partial charge in [0.1, 0.15) is 6.04 Å². The average Bonchev–Trinajstić information content (AvgIpc) is 3.41. The molecule has 1 aliphatic heterocycles. The van der Waals surface area contributed by atoms with Crippen LogP contribution in [0.3, 0.4) is 0 Å². The third-order valence-electron chi connectivity index (χ3n) is 6.34. The molecule has 1 aromatic heterocycles. The summed E-state index contributed by atoms with van der Waals surface area (Å²) >= 11 is 1.25. The Labute approximate surface area is 225 Å². The number of esters is 1. The number of urea groups is 1. The highest BCUT2D eigenvalue weighted by Crippen LogP contribution is 2.32. The molecule has 0 saturated heterocycles. The van der Waals surface area contributed by atoms with Gasteiger partial charge in [0, 0.05) is 43.8 Å². The first-order valence-electron chi connectivity index (χ1n) is 12.2. The standard InChI is InChI=1S/C25H34N6O6S/c1-14-6-7-18(9-20(14)29(4)5)28-25(36)27-11-19-8-17-12-30(24(35)22(17)38-19)15(2)23(34)31(16(3)32)13-37-21(33)10-26/h8-9,15H,6-7,10-13,26H2,1-5H3,(H2,27,28,36). The molecule has 2 heterocycles. The van der Waals surface area contributed by atoms with Crippen molar-refractivity contribution in [2.75, 3.05) is 27.4 Å². The first kappa shape index (κ1) is 28.9. The quantitative estimate of drug-likeness (QED) is 0.309. The van der Waals surface area contributed by atoms with Crippen LogP contribution in [-0.4, -0.2) is 77.8 Å². The molecule has 1 atom stereocenters. The van der Waals surface area contributed by atoms with Crippen LogP contribution in [0, 0.1) is 0 Å². The minimum absolute atomic E-state index is 0.185. The maximum atomic E-state index is 13.0. The SMILES string of the molecule is CC(=O)N(COC(=O)CN)C(=O)C(C)N1Cc2cc(CNC(=O)NC3=CC(N(C)C)=C(C)CC3)sc2C1=O. The van der Waals surface area contributed by atoms with Crippen LogP contribution in [0.1, 0.15) is 53.7 Å². The number of nitrogens with two attached hydrogens (primary N) is 1. The third kappa shape index (κ3) is 6.58. The molecule has 206 valence electrons. The molecule has 0 radical (unpaired) electrons. The average molecular weight is 547 g/mol. The molecule has 3 rings (SSSR count). The lowest BCUT2D eigenvalue weighted by atomic mass is 10.0. The van der Waals surface area contributed by atoms with Gasteiger partial charge in [0.2, 0.25) is 5.91 Å². The van der Waals surface area contributed by atoms with Crippen LogP contribution in [0.15, 0.2) is 29.1 Å². The Hall–Kier alpha value is -3.71. The maximum absolute atomic E-state index is 13.0. The summed E-state index contributed by atoms with van der Waals surface area (Å²) in [5.74, 6) is -2.38. The normalized spacial score (nSPS) is 15.5. The summed E-state index contributed by atoms with van der Waals surface area (Å²) in [6.45, 7) is 4.25. The molecule has 1 unspecified atom stereocenters. The zero-order valence-electron chi connectivity index (χ0n) is 22.3. The van der Waals surface area contributed by atoms with Gasteiger partial charge in [0.25, 0.3) is 11.8 Å². The Balaban J connectivity index is 1.57. The van der Waals surface area contributed by atoms with E-state index < -0.39 is 30.6 Å². The van der Waals surface area contributed by atoms with Gasteiger partial charge in [-0.15, -0.1) is 11.3 Å². The number of hydrogen-bond acceptors (Lipinski definition) is 9. The fourth-order valence-electron chi connectivity index (χ4n) is 4.21. The second kappa shape index (κ2) is 12.2. The van der Waals surface area contributed by atoms with E-state index in [4.69, 9.17) is 10.5 Å². The van der Waals surface area contributed by atoms with Crippen molar-refractivity contribution in [2.24, 2.45) is 5.73 Å². The molecule has 0 spiro atoms. The number of nitrogens with zero attached hydrogens (tertiary/aromatic N) is 3. The molecular formula is C25H34N6O6S. The molecule has 2 aliphatic rings. The smallest absolute Gasteiger partial charge is 0.321 e. The second-order valence-electron chi connectivity index (χ2n) is 9.35. The van der Waals surface area contributed by atoms with Gasteiger partial charge in [-0.05, 0) is 50.0 Å². The van der Waals surface area contributed by atoms with Crippen molar-refractivity contribution in [1.82, 2.24) is 25.3 Å². The number of imide groups is 1. The van der Waals surface area contributed by atoms with Gasteiger partial charge < -0.3 is 30.9 Å². The summed E-state index contributed by atoms with van der Waals surface area (Å²) in [4.78, 5) is 67.1. The zero-order chi connectivity index (χ0) is 28.1. The number of rotatable bonds is 9. The summed E-state index contributed by atoms with van der Waals surface area (Å²) < 4.78 is 4.82. The maximum Gasteiger partial charge on any atom is 0.321 e. The monoisotopic (exact) mass is 546 g/mol. The number of carbonyl (C=O) groups is 5. The minimum atomic E-state index is -0.955. The van der Waals surface area contributed by atoms with Crippen molar-refractivity contribution >= 4 is 41.1 Å². The van der Waals surface area contributed by atoms with E-state index in [0.717, 1.165) is 39.6 Å². The zero-order valence-corrected chi connectivity index (χ0v) is 23.1. The molecule has 1 aliphatic carbocycles. The Bertz CT molecular complexity index is 1200. The van der Waals surface area contributed by atoms with Gasteiger partial charge in [0.15, 0.2) is 6.73 Å². The van der Waals surface area contributed by atoms with E-state index in [1.54, 1.807) is 0 Å². The summed E-state index contributed by atoms with van der Waals surface area (Å²) in [6.07, 6.45) is 3.60. The largest absolute Gasteiger partial charge is 0.443 e.